The second-order valence-electron chi connectivity index (χ2n) is 7.18. The van der Waals surface area contributed by atoms with Crippen LogP contribution in [0.3, 0.4) is 0 Å². The molecular weight excluding hydrogens is 348 g/mol. The Bertz CT molecular complexity index is 905. The Morgan fingerprint density at radius 3 is 2.56 bits per heavy atom. The number of ketones is 1. The van der Waals surface area contributed by atoms with E-state index in [1.807, 2.05) is 26.0 Å². The fourth-order valence-electron chi connectivity index (χ4n) is 3.75. The van der Waals surface area contributed by atoms with Crippen molar-refractivity contribution in [2.45, 2.75) is 25.6 Å². The van der Waals surface area contributed by atoms with Gasteiger partial charge in [-0.2, -0.15) is 0 Å². The van der Waals surface area contributed by atoms with Crippen molar-refractivity contribution in [1.29, 1.82) is 0 Å². The molecule has 0 N–H and O–H groups in total. The molecule has 0 saturated heterocycles. The highest BCUT2D eigenvalue weighted by Crippen LogP contribution is 2.49. The maximum absolute atomic E-state index is 13.3. The van der Waals surface area contributed by atoms with Gasteiger partial charge in [0.1, 0.15) is 29.1 Å². The van der Waals surface area contributed by atoms with E-state index in [9.17, 15) is 4.79 Å². The van der Waals surface area contributed by atoms with Crippen LogP contribution in [0, 0.1) is 5.92 Å². The summed E-state index contributed by atoms with van der Waals surface area (Å²) in [4.78, 5) is 13.3. The molecular formula is C21H22O6. The number of hydrogen-bond acceptors (Lipinski definition) is 6. The minimum atomic E-state index is -0.575. The highest BCUT2D eigenvalue weighted by atomic mass is 16.5. The number of fused-ring (bicyclic) bond motifs is 2. The van der Waals surface area contributed by atoms with Crippen molar-refractivity contribution in [1.82, 2.24) is 0 Å². The van der Waals surface area contributed by atoms with E-state index < -0.39 is 17.6 Å². The van der Waals surface area contributed by atoms with Crippen LogP contribution in [0.4, 0.5) is 0 Å². The Labute approximate surface area is 158 Å². The van der Waals surface area contributed by atoms with Gasteiger partial charge in [0.05, 0.1) is 19.8 Å². The minimum Gasteiger partial charge on any atom is -0.493 e. The first-order valence-electron chi connectivity index (χ1n) is 8.74. The Hall–Kier alpha value is -2.73. The number of carbonyl (C=O) groups excluding carboxylic acids is 1. The third kappa shape index (κ3) is 2.63. The minimum absolute atomic E-state index is 0.0833. The van der Waals surface area contributed by atoms with Gasteiger partial charge in [-0.3, -0.25) is 4.79 Å². The molecule has 0 fully saturated rings. The Morgan fingerprint density at radius 1 is 1.11 bits per heavy atom. The SMILES string of the molecule is COc1ccc2c(c1OC)OC1=CC3=C(C=CC(C)(C)O3)C(OC)C1C2=O. The first-order valence-corrected chi connectivity index (χ1v) is 8.74. The van der Waals surface area contributed by atoms with Crippen molar-refractivity contribution in [3.63, 3.8) is 0 Å². The van der Waals surface area contributed by atoms with E-state index >= 15 is 0 Å². The van der Waals surface area contributed by atoms with Gasteiger partial charge in [-0.05, 0) is 32.1 Å². The highest BCUT2D eigenvalue weighted by molar-refractivity contribution is 6.05. The number of ether oxygens (including phenoxy) is 5. The highest BCUT2D eigenvalue weighted by Gasteiger charge is 2.46. The fourth-order valence-corrected chi connectivity index (χ4v) is 3.75. The molecule has 0 amide bonds. The maximum atomic E-state index is 13.3. The molecule has 1 aromatic carbocycles. The molecule has 142 valence electrons. The summed E-state index contributed by atoms with van der Waals surface area (Å²) in [5.41, 5.74) is 0.840. The molecule has 2 atom stereocenters. The summed E-state index contributed by atoms with van der Waals surface area (Å²) < 4.78 is 28.7. The van der Waals surface area contributed by atoms with E-state index in [0.29, 0.717) is 34.3 Å². The lowest BCUT2D eigenvalue weighted by atomic mass is 9.79. The molecule has 27 heavy (non-hydrogen) atoms. The van der Waals surface area contributed by atoms with E-state index in [4.69, 9.17) is 23.7 Å². The first kappa shape index (κ1) is 17.7. The van der Waals surface area contributed by atoms with Crippen LogP contribution in [0.25, 0.3) is 0 Å². The number of rotatable bonds is 3. The molecule has 0 aromatic heterocycles. The first-order chi connectivity index (χ1) is 12.9. The summed E-state index contributed by atoms with van der Waals surface area (Å²) in [5, 5.41) is 0. The van der Waals surface area contributed by atoms with E-state index in [2.05, 4.69) is 0 Å². The summed E-state index contributed by atoms with van der Waals surface area (Å²) in [7, 11) is 4.65. The number of Topliss-reactive ketones (excluding diaryl/α,β-unsaturated/α-hetero) is 1. The zero-order valence-electron chi connectivity index (χ0n) is 16.0. The lowest BCUT2D eigenvalue weighted by Gasteiger charge is -2.39. The van der Waals surface area contributed by atoms with Crippen LogP contribution in [0.15, 0.2) is 47.5 Å². The number of methoxy groups -OCH3 is 3. The quantitative estimate of drug-likeness (QED) is 0.812. The molecule has 2 unspecified atom stereocenters. The van der Waals surface area contributed by atoms with Gasteiger partial charge in [-0.25, -0.2) is 0 Å². The zero-order chi connectivity index (χ0) is 19.3. The monoisotopic (exact) mass is 370 g/mol. The molecule has 1 aromatic rings. The molecule has 3 aliphatic rings. The van der Waals surface area contributed by atoms with Gasteiger partial charge in [0, 0.05) is 18.8 Å². The van der Waals surface area contributed by atoms with E-state index in [1.165, 1.54) is 7.11 Å². The van der Waals surface area contributed by atoms with Gasteiger partial charge in [0.2, 0.25) is 5.75 Å². The van der Waals surface area contributed by atoms with Crippen LogP contribution in [0.1, 0.15) is 24.2 Å². The van der Waals surface area contributed by atoms with Gasteiger partial charge in [-0.1, -0.05) is 6.08 Å². The van der Waals surface area contributed by atoms with Crippen molar-refractivity contribution in [3.8, 4) is 17.2 Å². The molecule has 2 heterocycles. The van der Waals surface area contributed by atoms with Crippen LogP contribution < -0.4 is 14.2 Å². The number of carbonyl (C=O) groups is 1. The average molecular weight is 370 g/mol. The van der Waals surface area contributed by atoms with Crippen molar-refractivity contribution in [2.24, 2.45) is 5.92 Å². The predicted molar refractivity (Wildman–Crippen MR) is 98.2 cm³/mol. The van der Waals surface area contributed by atoms with Crippen molar-refractivity contribution in [3.05, 3.63) is 53.0 Å². The Morgan fingerprint density at radius 2 is 1.89 bits per heavy atom. The third-order valence-electron chi connectivity index (χ3n) is 5.03. The van der Waals surface area contributed by atoms with Gasteiger partial charge in [0.25, 0.3) is 0 Å². The van der Waals surface area contributed by atoms with Gasteiger partial charge >= 0.3 is 0 Å². The van der Waals surface area contributed by atoms with Crippen LogP contribution in [-0.2, 0) is 9.47 Å². The Kier molecular flexibility index (Phi) is 4.03. The molecule has 4 rings (SSSR count). The number of benzene rings is 1. The zero-order valence-corrected chi connectivity index (χ0v) is 16.0. The summed E-state index contributed by atoms with van der Waals surface area (Å²) in [6.45, 7) is 3.94. The lowest BCUT2D eigenvalue weighted by Crippen LogP contribution is -2.42. The summed E-state index contributed by atoms with van der Waals surface area (Å²) >= 11 is 0. The fraction of sp³-hybridized carbons (Fsp3) is 0.381. The summed E-state index contributed by atoms with van der Waals surface area (Å²) in [6.07, 6.45) is 5.23. The van der Waals surface area contributed by atoms with Crippen LogP contribution in [0.2, 0.25) is 0 Å². The van der Waals surface area contributed by atoms with Gasteiger partial charge < -0.3 is 23.7 Å². The molecule has 6 heteroatoms. The summed E-state index contributed by atoms with van der Waals surface area (Å²) in [5.74, 6) is 1.72. The van der Waals surface area contributed by atoms with Crippen molar-refractivity contribution >= 4 is 5.78 Å². The normalized spacial score (nSPS) is 24.8. The number of hydrogen-bond donors (Lipinski definition) is 0. The topological polar surface area (TPSA) is 63.2 Å². The second kappa shape index (κ2) is 6.16. The Balaban J connectivity index is 1.86. The van der Waals surface area contributed by atoms with Crippen LogP contribution >= 0.6 is 0 Å². The van der Waals surface area contributed by atoms with Gasteiger partial charge in [-0.15, -0.1) is 0 Å². The van der Waals surface area contributed by atoms with Crippen molar-refractivity contribution in [2.75, 3.05) is 21.3 Å². The average Bonchev–Trinajstić information content (AvgIpc) is 2.64. The molecule has 1 aliphatic carbocycles. The number of allylic oxidation sites excluding steroid dienone is 1. The van der Waals surface area contributed by atoms with E-state index in [-0.39, 0.29) is 5.78 Å². The van der Waals surface area contributed by atoms with Gasteiger partial charge in [0.15, 0.2) is 17.3 Å². The standard InChI is InChI=1S/C21H22O6/c1-21(2)9-8-11-14(27-21)10-15-16(18(11)24-4)17(22)12-6-7-13(23-3)20(25-5)19(12)26-15/h6-10,16,18H,1-5H3. The van der Waals surface area contributed by atoms with Crippen molar-refractivity contribution < 1.29 is 28.5 Å². The molecule has 0 radical (unpaired) electrons. The van der Waals surface area contributed by atoms with E-state index in [1.54, 1.807) is 32.4 Å². The van der Waals surface area contributed by atoms with Crippen LogP contribution in [-0.4, -0.2) is 38.8 Å². The summed E-state index contributed by atoms with van der Waals surface area (Å²) in [6, 6.07) is 3.40. The van der Waals surface area contributed by atoms with E-state index in [0.717, 1.165) is 5.57 Å². The molecule has 6 nitrogen and oxygen atoms in total. The molecule has 0 bridgehead atoms. The third-order valence-corrected chi connectivity index (χ3v) is 5.03. The predicted octanol–water partition coefficient (Wildman–Crippen LogP) is 3.43. The lowest BCUT2D eigenvalue weighted by molar-refractivity contribution is 0.0374. The maximum Gasteiger partial charge on any atom is 0.204 e. The van der Waals surface area contributed by atoms with Crippen LogP contribution in [0.5, 0.6) is 17.2 Å². The molecule has 0 spiro atoms. The smallest absolute Gasteiger partial charge is 0.204 e. The molecule has 2 aliphatic heterocycles. The largest absolute Gasteiger partial charge is 0.493 e. The second-order valence-corrected chi connectivity index (χ2v) is 7.18. The molecule has 0 saturated carbocycles.